The maximum absolute atomic E-state index is 11.7. The van der Waals surface area contributed by atoms with E-state index in [0.29, 0.717) is 29.7 Å². The second-order valence-electron chi connectivity index (χ2n) is 5.84. The number of rotatable bonds is 4. The van der Waals surface area contributed by atoms with Crippen LogP contribution in [0.4, 0.5) is 10.5 Å². The van der Waals surface area contributed by atoms with Crippen LogP contribution in [0, 0.1) is 5.92 Å². The lowest BCUT2D eigenvalue weighted by molar-refractivity contribution is 0.0601. The molecule has 24 heavy (non-hydrogen) atoms. The van der Waals surface area contributed by atoms with Crippen molar-refractivity contribution < 1.29 is 19.4 Å². The Hall–Kier alpha value is -1.66. The van der Waals surface area contributed by atoms with E-state index in [1.54, 1.807) is 6.07 Å². The number of carbonyl (C=O) groups is 2. The molecule has 1 amide bonds. The topological polar surface area (TPSA) is 78.9 Å². The third kappa shape index (κ3) is 4.24. The summed E-state index contributed by atoms with van der Waals surface area (Å²) >= 11 is 12.2. The molecule has 0 unspecified atom stereocenters. The van der Waals surface area contributed by atoms with Crippen molar-refractivity contribution in [1.82, 2.24) is 4.90 Å². The van der Waals surface area contributed by atoms with Gasteiger partial charge in [-0.1, -0.05) is 23.2 Å². The lowest BCUT2D eigenvalue weighted by Gasteiger charge is -2.34. The second-order valence-corrected chi connectivity index (χ2v) is 6.66. The highest BCUT2D eigenvalue weighted by molar-refractivity contribution is 6.38. The van der Waals surface area contributed by atoms with E-state index in [2.05, 4.69) is 5.32 Å². The zero-order valence-corrected chi connectivity index (χ0v) is 15.0. The van der Waals surface area contributed by atoms with Gasteiger partial charge in [0.05, 0.1) is 28.4 Å². The van der Waals surface area contributed by atoms with Gasteiger partial charge in [0.25, 0.3) is 0 Å². The van der Waals surface area contributed by atoms with Crippen LogP contribution in [0.25, 0.3) is 0 Å². The van der Waals surface area contributed by atoms with E-state index in [9.17, 15) is 9.59 Å². The molecule has 0 radical (unpaired) electrons. The molecule has 6 nitrogen and oxygen atoms in total. The highest BCUT2D eigenvalue weighted by Gasteiger charge is 2.26. The molecule has 2 rings (SSSR count). The van der Waals surface area contributed by atoms with Gasteiger partial charge in [0.15, 0.2) is 0 Å². The molecular formula is C16H20Cl2N2O4. The van der Waals surface area contributed by atoms with Crippen LogP contribution in [-0.4, -0.2) is 48.3 Å². The van der Waals surface area contributed by atoms with E-state index in [1.165, 1.54) is 18.1 Å². The number of hydrogen-bond donors (Lipinski definition) is 2. The van der Waals surface area contributed by atoms with Crippen molar-refractivity contribution >= 4 is 41.0 Å². The molecule has 1 aromatic carbocycles. The van der Waals surface area contributed by atoms with E-state index in [0.717, 1.165) is 12.8 Å². The summed E-state index contributed by atoms with van der Waals surface area (Å²) in [5.74, 6) is -0.212. The number of esters is 1. The average Bonchev–Trinajstić information content (AvgIpc) is 2.56. The summed E-state index contributed by atoms with van der Waals surface area (Å²) in [6.07, 6.45) is 0.669. The van der Waals surface area contributed by atoms with Crippen molar-refractivity contribution in [2.75, 3.05) is 25.5 Å². The molecule has 1 heterocycles. The summed E-state index contributed by atoms with van der Waals surface area (Å²) in [6.45, 7) is 3.06. The van der Waals surface area contributed by atoms with Gasteiger partial charge < -0.3 is 20.1 Å². The Bertz CT molecular complexity index is 631. The summed E-state index contributed by atoms with van der Waals surface area (Å²) in [7, 11) is 1.29. The minimum Gasteiger partial charge on any atom is -0.465 e. The van der Waals surface area contributed by atoms with Gasteiger partial charge in [-0.2, -0.15) is 0 Å². The summed E-state index contributed by atoms with van der Waals surface area (Å²) in [5, 5.41) is 13.0. The smallest absolute Gasteiger partial charge is 0.407 e. The van der Waals surface area contributed by atoms with Crippen LogP contribution in [0.15, 0.2) is 12.1 Å². The van der Waals surface area contributed by atoms with Gasteiger partial charge >= 0.3 is 12.1 Å². The van der Waals surface area contributed by atoms with Gasteiger partial charge in [-0.3, -0.25) is 0 Å². The third-order valence-electron chi connectivity index (χ3n) is 4.36. The van der Waals surface area contributed by atoms with Crippen LogP contribution >= 0.6 is 23.2 Å². The molecule has 132 valence electrons. The molecular weight excluding hydrogens is 355 g/mol. The first kappa shape index (κ1) is 18.7. The lowest BCUT2D eigenvalue weighted by atomic mass is 9.90. The van der Waals surface area contributed by atoms with E-state index in [-0.39, 0.29) is 16.6 Å². The first-order valence-corrected chi connectivity index (χ1v) is 8.40. The number of amides is 1. The fourth-order valence-corrected chi connectivity index (χ4v) is 3.39. The Balaban J connectivity index is 2.08. The predicted octanol–water partition coefficient (Wildman–Crippen LogP) is 3.97. The Labute approximate surface area is 150 Å². The Morgan fingerprint density at radius 3 is 2.46 bits per heavy atom. The number of piperidine rings is 1. The van der Waals surface area contributed by atoms with Crippen LogP contribution in [0.2, 0.25) is 10.0 Å². The Morgan fingerprint density at radius 1 is 1.29 bits per heavy atom. The maximum Gasteiger partial charge on any atom is 0.407 e. The number of halogens is 2. The monoisotopic (exact) mass is 374 g/mol. The molecule has 0 bridgehead atoms. The Kier molecular flexibility index (Phi) is 6.18. The predicted molar refractivity (Wildman–Crippen MR) is 93.2 cm³/mol. The summed E-state index contributed by atoms with van der Waals surface area (Å²) in [5.41, 5.74) is 0.855. The fraction of sp³-hybridized carbons (Fsp3) is 0.500. The summed E-state index contributed by atoms with van der Waals surface area (Å²) < 4.78 is 4.71. The van der Waals surface area contributed by atoms with Gasteiger partial charge in [-0.05, 0) is 37.8 Å². The second kappa shape index (κ2) is 7.94. The van der Waals surface area contributed by atoms with Crippen molar-refractivity contribution in [1.29, 1.82) is 0 Å². The molecule has 8 heteroatoms. The molecule has 2 N–H and O–H groups in total. The van der Waals surface area contributed by atoms with Crippen LogP contribution in [0.1, 0.15) is 30.1 Å². The van der Waals surface area contributed by atoms with Crippen LogP contribution in [0.3, 0.4) is 0 Å². The molecule has 1 aliphatic rings. The SMILES string of the molecule is COC(=O)c1cc(N[C@@H](C)C2CCN(C(=O)O)CC2)c(Cl)cc1Cl. The minimum absolute atomic E-state index is 0.0742. The minimum atomic E-state index is -0.877. The van der Waals surface area contributed by atoms with Crippen molar-refractivity contribution in [2.24, 2.45) is 5.92 Å². The maximum atomic E-state index is 11.7. The number of nitrogens with one attached hydrogen (secondary N) is 1. The molecule has 1 aromatic rings. The van der Waals surface area contributed by atoms with E-state index >= 15 is 0 Å². The van der Waals surface area contributed by atoms with E-state index in [4.69, 9.17) is 33.0 Å². The van der Waals surface area contributed by atoms with E-state index in [1.807, 2.05) is 6.92 Å². The number of likely N-dealkylation sites (tertiary alicyclic amines) is 1. The number of ether oxygens (including phenoxy) is 1. The van der Waals surface area contributed by atoms with Crippen molar-refractivity contribution in [3.63, 3.8) is 0 Å². The van der Waals surface area contributed by atoms with E-state index < -0.39 is 12.1 Å². The number of benzene rings is 1. The zero-order valence-electron chi connectivity index (χ0n) is 13.5. The molecule has 0 aromatic heterocycles. The van der Waals surface area contributed by atoms with Gasteiger partial charge in [0, 0.05) is 19.1 Å². The van der Waals surface area contributed by atoms with Crippen molar-refractivity contribution in [3.8, 4) is 0 Å². The summed E-state index contributed by atoms with van der Waals surface area (Å²) in [4.78, 5) is 24.1. The van der Waals surface area contributed by atoms with Crippen LogP contribution in [0.5, 0.6) is 0 Å². The van der Waals surface area contributed by atoms with Crippen molar-refractivity contribution in [3.05, 3.63) is 27.7 Å². The first-order chi connectivity index (χ1) is 11.3. The first-order valence-electron chi connectivity index (χ1n) is 7.65. The average molecular weight is 375 g/mol. The van der Waals surface area contributed by atoms with Gasteiger partial charge in [0.1, 0.15) is 0 Å². The van der Waals surface area contributed by atoms with Crippen LogP contribution in [-0.2, 0) is 4.74 Å². The molecule has 0 saturated carbocycles. The molecule has 1 fully saturated rings. The standard InChI is InChI=1S/C16H20Cl2N2O4/c1-9(10-3-5-20(6-4-10)16(22)23)19-14-7-11(15(21)24-2)12(17)8-13(14)18/h7-10,19H,3-6H2,1-2H3,(H,22,23)/t9-/m0/s1. The molecule has 0 spiro atoms. The molecule has 1 aliphatic heterocycles. The number of hydrogen-bond acceptors (Lipinski definition) is 4. The summed E-state index contributed by atoms with van der Waals surface area (Å²) in [6, 6.07) is 3.17. The Morgan fingerprint density at radius 2 is 1.92 bits per heavy atom. The number of carboxylic acid groups (broad SMARTS) is 1. The normalized spacial score (nSPS) is 16.6. The molecule has 1 atom stereocenters. The van der Waals surface area contributed by atoms with Gasteiger partial charge in [-0.25, -0.2) is 9.59 Å². The van der Waals surface area contributed by atoms with Crippen molar-refractivity contribution in [2.45, 2.75) is 25.8 Å². The quantitative estimate of drug-likeness (QED) is 0.779. The number of carbonyl (C=O) groups excluding carboxylic acids is 1. The zero-order chi connectivity index (χ0) is 17.9. The van der Waals surface area contributed by atoms with Gasteiger partial charge in [0.2, 0.25) is 0 Å². The largest absolute Gasteiger partial charge is 0.465 e. The van der Waals surface area contributed by atoms with Crippen LogP contribution < -0.4 is 5.32 Å². The number of methoxy groups -OCH3 is 1. The molecule has 0 aliphatic carbocycles. The number of nitrogens with zero attached hydrogens (tertiary/aromatic N) is 1. The molecule has 1 saturated heterocycles. The van der Waals surface area contributed by atoms with Gasteiger partial charge in [-0.15, -0.1) is 0 Å². The highest BCUT2D eigenvalue weighted by atomic mass is 35.5. The lowest BCUT2D eigenvalue weighted by Crippen LogP contribution is -2.41. The number of anilines is 1. The highest BCUT2D eigenvalue weighted by Crippen LogP contribution is 2.32. The fourth-order valence-electron chi connectivity index (χ4n) is 2.88. The third-order valence-corrected chi connectivity index (χ3v) is 4.99.